The Kier molecular flexibility index (Phi) is 10.9. The van der Waals surface area contributed by atoms with E-state index in [1.165, 1.54) is 12.2 Å². The summed E-state index contributed by atoms with van der Waals surface area (Å²) in [5.41, 5.74) is 5.88. The molecular weight excluding hydrogens is 711 g/mol. The zero-order valence-electron chi connectivity index (χ0n) is 31.7. The fraction of sp³-hybridized carbons (Fsp3) is 0.256. The van der Waals surface area contributed by atoms with Gasteiger partial charge in [0.05, 0.1) is 25.7 Å². The van der Waals surface area contributed by atoms with Crippen LogP contribution in [0.3, 0.4) is 0 Å². The zero-order chi connectivity index (χ0) is 39.5. The van der Waals surface area contributed by atoms with Crippen molar-refractivity contribution in [3.05, 3.63) is 138 Å². The summed E-state index contributed by atoms with van der Waals surface area (Å²) in [5, 5.41) is 18.4. The molecule has 2 aliphatic heterocycles. The molecule has 0 saturated carbocycles. The molecule has 13 nitrogen and oxygen atoms in total. The molecule has 4 aromatic carbocycles. The van der Waals surface area contributed by atoms with Crippen LogP contribution >= 0.6 is 0 Å². The number of hydrogen-bond acceptors (Lipinski definition) is 7. The van der Waals surface area contributed by atoms with Crippen LogP contribution in [-0.2, 0) is 41.0 Å². The van der Waals surface area contributed by atoms with Gasteiger partial charge in [0, 0.05) is 62.9 Å². The molecule has 2 fully saturated rings. The summed E-state index contributed by atoms with van der Waals surface area (Å²) < 4.78 is 2.03. The first-order chi connectivity index (χ1) is 27.1. The lowest BCUT2D eigenvalue weighted by atomic mass is 9.97. The van der Waals surface area contributed by atoms with Gasteiger partial charge in [0.15, 0.2) is 0 Å². The minimum atomic E-state index is -0.914. The first-order valence-corrected chi connectivity index (χ1v) is 18.4. The van der Waals surface area contributed by atoms with Crippen LogP contribution in [0, 0.1) is 0 Å². The van der Waals surface area contributed by atoms with Gasteiger partial charge in [0.2, 0.25) is 11.8 Å². The molecule has 5 amide bonds. The second kappa shape index (κ2) is 16.1. The molecular formula is C43H45N7O6. The van der Waals surface area contributed by atoms with E-state index < -0.39 is 18.2 Å². The Morgan fingerprint density at radius 3 is 2.39 bits per heavy atom. The van der Waals surface area contributed by atoms with E-state index in [1.54, 1.807) is 69.3 Å². The standard InChI is InChI=1S/C43H45N7O6/c1-5-22-48-28-39(52)49-37(23-29-14-20-34(51)21-15-29)42(54)47(27-38(49)50(48)43(55)44-24-30-10-7-6-8-11-30)25-33-12-9-13-35-36(26-45(2)40(33)35)31-16-18-32(19-17-31)41(53)46(3)56-4/h5-21,26,37-38,51H,1,22-25,27-28H2,2-4H3,(H,44,55)/t37-,38-/m0/s1. The number of rotatable bonds is 11. The van der Waals surface area contributed by atoms with Crippen molar-refractivity contribution in [2.45, 2.75) is 31.7 Å². The van der Waals surface area contributed by atoms with E-state index in [2.05, 4.69) is 11.9 Å². The number of phenolic OH excluding ortho intramolecular Hbond substituents is 1. The molecule has 0 unspecified atom stereocenters. The van der Waals surface area contributed by atoms with Gasteiger partial charge in [0.25, 0.3) is 5.91 Å². The minimum absolute atomic E-state index is 0.0716. The average molecular weight is 756 g/mol. The number of aryl methyl sites for hydroxylation is 1. The molecule has 0 bridgehead atoms. The molecule has 2 saturated heterocycles. The van der Waals surface area contributed by atoms with E-state index in [9.17, 15) is 24.3 Å². The predicted octanol–water partition coefficient (Wildman–Crippen LogP) is 4.92. The molecule has 0 aliphatic carbocycles. The summed E-state index contributed by atoms with van der Waals surface area (Å²) in [4.78, 5) is 63.9. The number of fused-ring (bicyclic) bond motifs is 2. The number of benzene rings is 4. The topological polar surface area (TPSA) is 131 Å². The number of urea groups is 1. The molecule has 5 aromatic rings. The number of piperazine rings is 1. The largest absolute Gasteiger partial charge is 0.508 e. The van der Waals surface area contributed by atoms with Gasteiger partial charge in [-0.25, -0.2) is 19.9 Å². The maximum atomic E-state index is 14.7. The average Bonchev–Trinajstić information content (AvgIpc) is 3.56. The van der Waals surface area contributed by atoms with Gasteiger partial charge in [-0.3, -0.25) is 19.2 Å². The van der Waals surface area contributed by atoms with Gasteiger partial charge in [-0.1, -0.05) is 78.9 Å². The van der Waals surface area contributed by atoms with Crippen molar-refractivity contribution in [3.63, 3.8) is 0 Å². The van der Waals surface area contributed by atoms with Gasteiger partial charge >= 0.3 is 6.03 Å². The van der Waals surface area contributed by atoms with Gasteiger partial charge < -0.3 is 24.8 Å². The Balaban J connectivity index is 1.24. The zero-order valence-corrected chi connectivity index (χ0v) is 31.7. The third kappa shape index (κ3) is 7.46. The highest BCUT2D eigenvalue weighted by molar-refractivity contribution is 5.99. The van der Waals surface area contributed by atoms with Crippen LogP contribution in [0.5, 0.6) is 5.75 Å². The number of hydrogen-bond donors (Lipinski definition) is 2. The van der Waals surface area contributed by atoms with E-state index in [1.807, 2.05) is 78.5 Å². The van der Waals surface area contributed by atoms with E-state index in [0.717, 1.165) is 38.7 Å². The molecule has 2 aliphatic rings. The van der Waals surface area contributed by atoms with Gasteiger partial charge in [-0.05, 0) is 46.5 Å². The Morgan fingerprint density at radius 1 is 0.964 bits per heavy atom. The lowest BCUT2D eigenvalue weighted by Crippen LogP contribution is -2.76. The molecule has 13 heteroatoms. The summed E-state index contributed by atoms with van der Waals surface area (Å²) >= 11 is 0. The monoisotopic (exact) mass is 755 g/mol. The van der Waals surface area contributed by atoms with Crippen LogP contribution in [0.4, 0.5) is 4.79 Å². The molecule has 3 heterocycles. The lowest BCUT2D eigenvalue weighted by Gasteiger charge is -2.55. The Bertz CT molecular complexity index is 2260. The van der Waals surface area contributed by atoms with E-state index in [4.69, 9.17) is 4.84 Å². The number of hydroxylamine groups is 2. The molecule has 7 rings (SSSR count). The summed E-state index contributed by atoms with van der Waals surface area (Å²) in [7, 11) is 4.96. The van der Waals surface area contributed by atoms with Crippen LogP contribution < -0.4 is 5.32 Å². The molecule has 2 N–H and O–H groups in total. The highest BCUT2D eigenvalue weighted by Crippen LogP contribution is 2.35. The predicted molar refractivity (Wildman–Crippen MR) is 211 cm³/mol. The fourth-order valence-electron chi connectivity index (χ4n) is 7.73. The Labute approximate surface area is 325 Å². The van der Waals surface area contributed by atoms with E-state index in [0.29, 0.717) is 5.56 Å². The van der Waals surface area contributed by atoms with Crippen molar-refractivity contribution in [1.29, 1.82) is 0 Å². The number of hydrazine groups is 1. The fourth-order valence-corrected chi connectivity index (χ4v) is 7.73. The minimum Gasteiger partial charge on any atom is -0.508 e. The number of amides is 5. The summed E-state index contributed by atoms with van der Waals surface area (Å²) in [6.07, 6.45) is 3.06. The maximum Gasteiger partial charge on any atom is 0.334 e. The quantitative estimate of drug-likeness (QED) is 0.145. The van der Waals surface area contributed by atoms with Crippen molar-refractivity contribution in [1.82, 2.24) is 34.8 Å². The number of nitrogens with one attached hydrogen (secondary N) is 1. The van der Waals surface area contributed by atoms with Crippen LogP contribution in [0.2, 0.25) is 0 Å². The van der Waals surface area contributed by atoms with Gasteiger partial charge in [-0.15, -0.1) is 6.58 Å². The van der Waals surface area contributed by atoms with Crippen LogP contribution in [0.1, 0.15) is 27.0 Å². The van der Waals surface area contributed by atoms with Crippen molar-refractivity contribution in [2.75, 3.05) is 33.8 Å². The number of phenols is 1. The third-order valence-corrected chi connectivity index (χ3v) is 10.5. The number of nitrogens with zero attached hydrogens (tertiary/aromatic N) is 6. The summed E-state index contributed by atoms with van der Waals surface area (Å²) in [6.45, 7) is 4.59. The van der Waals surface area contributed by atoms with E-state index >= 15 is 0 Å². The Morgan fingerprint density at radius 2 is 1.70 bits per heavy atom. The van der Waals surface area contributed by atoms with Crippen LogP contribution in [0.25, 0.3) is 22.0 Å². The van der Waals surface area contributed by atoms with Crippen LogP contribution in [-0.4, -0.2) is 104 Å². The van der Waals surface area contributed by atoms with E-state index in [-0.39, 0.29) is 62.6 Å². The molecule has 0 spiro atoms. The highest BCUT2D eigenvalue weighted by Gasteiger charge is 2.51. The first kappa shape index (κ1) is 37.9. The molecule has 2 atom stereocenters. The second-order valence-corrected chi connectivity index (χ2v) is 14.0. The number of carbonyl (C=O) groups is 4. The second-order valence-electron chi connectivity index (χ2n) is 14.0. The van der Waals surface area contributed by atoms with Crippen molar-refractivity contribution in [3.8, 4) is 16.9 Å². The van der Waals surface area contributed by atoms with Crippen molar-refractivity contribution >= 4 is 34.7 Å². The molecule has 0 radical (unpaired) electrons. The summed E-state index contributed by atoms with van der Waals surface area (Å²) in [6, 6.07) is 28.2. The number of aromatic nitrogens is 1. The van der Waals surface area contributed by atoms with Gasteiger partial charge in [0.1, 0.15) is 18.0 Å². The van der Waals surface area contributed by atoms with Crippen LogP contribution in [0.15, 0.2) is 116 Å². The first-order valence-electron chi connectivity index (χ1n) is 18.4. The lowest BCUT2D eigenvalue weighted by molar-refractivity contribution is -0.189. The normalized spacial score (nSPS) is 17.2. The number of carbonyl (C=O) groups excluding carboxylic acids is 4. The molecule has 56 heavy (non-hydrogen) atoms. The smallest absolute Gasteiger partial charge is 0.334 e. The molecule has 1 aromatic heterocycles. The highest BCUT2D eigenvalue weighted by atomic mass is 16.7. The van der Waals surface area contributed by atoms with Crippen molar-refractivity contribution in [2.24, 2.45) is 7.05 Å². The van der Waals surface area contributed by atoms with Gasteiger partial charge in [-0.2, -0.15) is 0 Å². The van der Waals surface area contributed by atoms with Crippen molar-refractivity contribution < 1.29 is 29.1 Å². The maximum absolute atomic E-state index is 14.7. The Hall–Kier alpha value is -6.44. The summed E-state index contributed by atoms with van der Waals surface area (Å²) in [5.74, 6) is -0.669. The third-order valence-electron chi connectivity index (χ3n) is 10.5. The number of para-hydroxylation sites is 1. The number of aromatic hydroxyl groups is 1. The molecule has 288 valence electrons. The SMILES string of the molecule is C=CCN1CC(=O)N2[C@@H](Cc3ccc(O)cc3)C(=O)N(Cc3cccc4c(-c5ccc(C(=O)N(C)OC)cc5)cn(C)c34)C[C@@H]2N1C(=O)NCc1ccccc1.